The van der Waals surface area contributed by atoms with Crippen LogP contribution in [-0.2, 0) is 9.53 Å². The highest BCUT2D eigenvalue weighted by Gasteiger charge is 2.29. The molecule has 1 aliphatic rings. The number of ether oxygens (including phenoxy) is 1. The van der Waals surface area contributed by atoms with Gasteiger partial charge < -0.3 is 20.5 Å². The first-order chi connectivity index (χ1) is 16.8. The summed E-state index contributed by atoms with van der Waals surface area (Å²) in [6, 6.07) is 20.7. The van der Waals surface area contributed by atoms with Gasteiger partial charge in [-0.25, -0.2) is 9.59 Å². The van der Waals surface area contributed by atoms with Crippen LogP contribution < -0.4 is 10.6 Å². The minimum atomic E-state index is -1.23. The summed E-state index contributed by atoms with van der Waals surface area (Å²) in [4.78, 5) is 36.2. The zero-order chi connectivity index (χ0) is 24.9. The normalized spacial score (nSPS) is 12.9. The van der Waals surface area contributed by atoms with Gasteiger partial charge in [0.05, 0.1) is 10.7 Å². The van der Waals surface area contributed by atoms with Gasteiger partial charge in [-0.2, -0.15) is 0 Å². The molecular formula is C27H25ClN2O5. The fourth-order valence-electron chi connectivity index (χ4n) is 4.34. The van der Waals surface area contributed by atoms with Crippen LogP contribution >= 0.6 is 11.6 Å². The Morgan fingerprint density at radius 3 is 2.23 bits per heavy atom. The molecule has 1 aliphatic carbocycles. The van der Waals surface area contributed by atoms with Gasteiger partial charge in [0, 0.05) is 18.9 Å². The Bertz CT molecular complexity index is 1230. The van der Waals surface area contributed by atoms with Crippen molar-refractivity contribution >= 4 is 35.3 Å². The number of halogens is 1. The minimum Gasteiger partial charge on any atom is -0.478 e. The molecule has 0 aliphatic heterocycles. The van der Waals surface area contributed by atoms with Crippen LogP contribution in [0.25, 0.3) is 11.1 Å². The Labute approximate surface area is 208 Å². The predicted molar refractivity (Wildman–Crippen MR) is 134 cm³/mol. The van der Waals surface area contributed by atoms with Crippen LogP contribution in [0.5, 0.6) is 0 Å². The molecule has 8 heteroatoms. The number of fused-ring (bicyclic) bond motifs is 3. The van der Waals surface area contributed by atoms with E-state index in [0.29, 0.717) is 0 Å². The average molecular weight is 493 g/mol. The molecule has 7 nitrogen and oxygen atoms in total. The number of amides is 2. The fourth-order valence-corrected chi connectivity index (χ4v) is 4.60. The lowest BCUT2D eigenvalue weighted by atomic mass is 9.98. The van der Waals surface area contributed by atoms with E-state index in [2.05, 4.69) is 34.9 Å². The number of carbonyl (C=O) groups excluding carboxylic acids is 2. The first kappa shape index (κ1) is 24.3. The number of hydrogen-bond donors (Lipinski definition) is 3. The van der Waals surface area contributed by atoms with E-state index in [1.807, 2.05) is 24.3 Å². The monoisotopic (exact) mass is 492 g/mol. The van der Waals surface area contributed by atoms with Crippen molar-refractivity contribution < 1.29 is 24.2 Å². The number of alkyl carbamates (subject to hydrolysis) is 1. The number of anilines is 1. The highest BCUT2D eigenvalue weighted by Crippen LogP contribution is 2.44. The largest absolute Gasteiger partial charge is 0.478 e. The van der Waals surface area contributed by atoms with E-state index in [4.69, 9.17) is 16.3 Å². The van der Waals surface area contributed by atoms with E-state index < -0.39 is 12.1 Å². The third-order valence-corrected chi connectivity index (χ3v) is 6.29. The van der Waals surface area contributed by atoms with E-state index in [0.717, 1.165) is 22.3 Å². The number of aromatic carboxylic acids is 1. The Kier molecular flexibility index (Phi) is 7.36. The first-order valence-corrected chi connectivity index (χ1v) is 11.6. The van der Waals surface area contributed by atoms with Crippen molar-refractivity contribution in [1.82, 2.24) is 5.32 Å². The standard InChI is InChI=1S/C27H25ClN2O5/c1-16(13-24(31)30-23-12-6-11-22(28)25(23)26(32)33)14-29-27(34)35-15-21-19-9-4-2-7-17(19)18-8-3-5-10-20(18)21/h2-12,16,21H,13-15H2,1H3,(H,29,34)(H,30,31)(H,32,33). The molecule has 3 aromatic rings. The van der Waals surface area contributed by atoms with Gasteiger partial charge in [-0.1, -0.05) is 73.1 Å². The molecule has 0 fully saturated rings. The maximum atomic E-state index is 12.4. The van der Waals surface area contributed by atoms with Crippen LogP contribution in [0.15, 0.2) is 66.7 Å². The van der Waals surface area contributed by atoms with Crippen molar-refractivity contribution in [1.29, 1.82) is 0 Å². The lowest BCUT2D eigenvalue weighted by Crippen LogP contribution is -2.31. The van der Waals surface area contributed by atoms with Crippen LogP contribution in [0.1, 0.15) is 40.7 Å². The van der Waals surface area contributed by atoms with Crippen LogP contribution in [0.4, 0.5) is 10.5 Å². The molecule has 1 atom stereocenters. The second-order valence-electron chi connectivity index (χ2n) is 8.53. The summed E-state index contributed by atoms with van der Waals surface area (Å²) in [6.45, 7) is 2.24. The molecule has 0 bridgehead atoms. The Balaban J connectivity index is 1.27. The molecule has 0 heterocycles. The molecule has 0 radical (unpaired) electrons. The molecule has 0 saturated heterocycles. The first-order valence-electron chi connectivity index (χ1n) is 11.3. The predicted octanol–water partition coefficient (Wildman–Crippen LogP) is 5.54. The molecule has 2 amide bonds. The van der Waals surface area contributed by atoms with E-state index >= 15 is 0 Å². The highest BCUT2D eigenvalue weighted by molar-refractivity contribution is 6.34. The van der Waals surface area contributed by atoms with Gasteiger partial charge in [0.2, 0.25) is 5.91 Å². The number of rotatable bonds is 8. The second-order valence-corrected chi connectivity index (χ2v) is 8.94. The van der Waals surface area contributed by atoms with Gasteiger partial charge in [0.25, 0.3) is 0 Å². The van der Waals surface area contributed by atoms with E-state index in [9.17, 15) is 19.5 Å². The van der Waals surface area contributed by atoms with Crippen molar-refractivity contribution in [2.24, 2.45) is 5.92 Å². The number of nitrogens with one attached hydrogen (secondary N) is 2. The van der Waals surface area contributed by atoms with Gasteiger partial charge in [-0.3, -0.25) is 4.79 Å². The summed E-state index contributed by atoms with van der Waals surface area (Å²) in [5.41, 5.74) is 4.55. The number of benzene rings is 3. The molecule has 3 aromatic carbocycles. The van der Waals surface area contributed by atoms with E-state index in [1.54, 1.807) is 13.0 Å². The van der Waals surface area contributed by atoms with Gasteiger partial charge >= 0.3 is 12.1 Å². The van der Waals surface area contributed by atoms with Crippen LogP contribution in [0, 0.1) is 5.92 Å². The Morgan fingerprint density at radius 2 is 1.60 bits per heavy atom. The number of hydrogen-bond acceptors (Lipinski definition) is 4. The molecule has 0 saturated carbocycles. The van der Waals surface area contributed by atoms with Gasteiger partial charge in [-0.15, -0.1) is 0 Å². The molecular weight excluding hydrogens is 468 g/mol. The zero-order valence-corrected chi connectivity index (χ0v) is 19.8. The summed E-state index contributed by atoms with van der Waals surface area (Å²) < 4.78 is 5.52. The van der Waals surface area contributed by atoms with Crippen LogP contribution in [-0.4, -0.2) is 36.2 Å². The third kappa shape index (κ3) is 5.46. The molecule has 1 unspecified atom stereocenters. The number of carboxylic acid groups (broad SMARTS) is 1. The quantitative estimate of drug-likeness (QED) is 0.383. The van der Waals surface area contributed by atoms with Crippen molar-refractivity contribution in [3.05, 3.63) is 88.4 Å². The van der Waals surface area contributed by atoms with Gasteiger partial charge in [0.1, 0.15) is 12.2 Å². The maximum absolute atomic E-state index is 12.4. The summed E-state index contributed by atoms with van der Waals surface area (Å²) in [5, 5.41) is 14.7. The maximum Gasteiger partial charge on any atom is 0.407 e. The lowest BCUT2D eigenvalue weighted by Gasteiger charge is -2.16. The van der Waals surface area contributed by atoms with Crippen molar-refractivity contribution in [2.75, 3.05) is 18.5 Å². The van der Waals surface area contributed by atoms with Crippen molar-refractivity contribution in [3.63, 3.8) is 0 Å². The smallest absolute Gasteiger partial charge is 0.407 e. The van der Waals surface area contributed by atoms with Crippen LogP contribution in [0.3, 0.4) is 0 Å². The highest BCUT2D eigenvalue weighted by atomic mass is 35.5. The Morgan fingerprint density at radius 1 is 0.971 bits per heavy atom. The number of carbonyl (C=O) groups is 3. The van der Waals surface area contributed by atoms with Crippen LogP contribution in [0.2, 0.25) is 5.02 Å². The molecule has 180 valence electrons. The minimum absolute atomic E-state index is 0.0301. The third-order valence-electron chi connectivity index (χ3n) is 5.97. The lowest BCUT2D eigenvalue weighted by molar-refractivity contribution is -0.116. The van der Waals surface area contributed by atoms with Gasteiger partial charge in [0.15, 0.2) is 0 Å². The Hall–Kier alpha value is -3.84. The molecule has 0 aromatic heterocycles. The zero-order valence-electron chi connectivity index (χ0n) is 19.1. The fraction of sp³-hybridized carbons (Fsp3) is 0.222. The molecule has 35 heavy (non-hydrogen) atoms. The second kappa shape index (κ2) is 10.6. The topological polar surface area (TPSA) is 105 Å². The van der Waals surface area contributed by atoms with E-state index in [-0.39, 0.29) is 53.6 Å². The van der Waals surface area contributed by atoms with Crippen molar-refractivity contribution in [3.8, 4) is 11.1 Å². The summed E-state index contributed by atoms with van der Waals surface area (Å²) in [7, 11) is 0. The molecule has 3 N–H and O–H groups in total. The van der Waals surface area contributed by atoms with E-state index in [1.165, 1.54) is 12.1 Å². The van der Waals surface area contributed by atoms with Gasteiger partial charge in [-0.05, 0) is 40.3 Å². The summed E-state index contributed by atoms with van der Waals surface area (Å²) in [5.74, 6) is -1.84. The number of carboxylic acids is 1. The summed E-state index contributed by atoms with van der Waals surface area (Å²) in [6.07, 6.45) is -0.475. The molecule has 4 rings (SSSR count). The van der Waals surface area contributed by atoms with Crippen molar-refractivity contribution in [2.45, 2.75) is 19.3 Å². The molecule has 0 spiro atoms. The average Bonchev–Trinajstić information content (AvgIpc) is 3.15. The SMILES string of the molecule is CC(CNC(=O)OCC1c2ccccc2-c2ccccc21)CC(=O)Nc1cccc(Cl)c1C(=O)O. The summed E-state index contributed by atoms with van der Waals surface area (Å²) >= 11 is 5.94.